The van der Waals surface area contributed by atoms with E-state index in [1.165, 1.54) is 19.3 Å². The van der Waals surface area contributed by atoms with Crippen LogP contribution in [-0.4, -0.2) is 6.04 Å². The van der Waals surface area contributed by atoms with Gasteiger partial charge in [-0.1, -0.05) is 31.4 Å². The monoisotopic (exact) mass is 239 g/mol. The third kappa shape index (κ3) is 3.03. The minimum Gasteiger partial charge on any atom is -0.307 e. The molecule has 2 rings (SSSR count). The first-order chi connectivity index (χ1) is 8.18. The van der Waals surface area contributed by atoms with Crippen molar-refractivity contribution in [1.29, 1.82) is 0 Å². The molecule has 0 aromatic heterocycles. The molecule has 0 radical (unpaired) electrons. The second-order valence-corrected chi connectivity index (χ2v) is 4.87. The molecule has 1 aliphatic carbocycles. The summed E-state index contributed by atoms with van der Waals surface area (Å²) >= 11 is 0. The number of halogens is 2. The van der Waals surface area contributed by atoms with Crippen LogP contribution < -0.4 is 5.32 Å². The highest BCUT2D eigenvalue weighted by Crippen LogP contribution is 2.23. The van der Waals surface area contributed by atoms with Gasteiger partial charge in [0.1, 0.15) is 0 Å². The number of hydrogen-bond acceptors (Lipinski definition) is 1. The maximum absolute atomic E-state index is 13.6. The Kier molecular flexibility index (Phi) is 4.11. The average Bonchev–Trinajstić information content (AvgIpc) is 2.34. The Labute approximate surface area is 101 Å². The lowest BCUT2D eigenvalue weighted by atomic mass is 9.94. The van der Waals surface area contributed by atoms with Crippen LogP contribution in [0.15, 0.2) is 18.2 Å². The highest BCUT2D eigenvalue weighted by Gasteiger charge is 2.19. The molecule has 0 bridgehead atoms. The molecule has 94 valence electrons. The minimum atomic E-state index is -0.764. The van der Waals surface area contributed by atoms with Crippen molar-refractivity contribution in [2.75, 3.05) is 0 Å². The van der Waals surface area contributed by atoms with Gasteiger partial charge in [-0.3, -0.25) is 0 Å². The summed E-state index contributed by atoms with van der Waals surface area (Å²) in [6, 6.07) is 4.69. The lowest BCUT2D eigenvalue weighted by Gasteiger charge is -2.27. The Morgan fingerprint density at radius 1 is 1.18 bits per heavy atom. The Hall–Kier alpha value is -0.960. The molecule has 1 fully saturated rings. The first-order valence-electron chi connectivity index (χ1n) is 6.38. The van der Waals surface area contributed by atoms with E-state index in [-0.39, 0.29) is 6.04 Å². The zero-order chi connectivity index (χ0) is 12.3. The molecule has 1 unspecified atom stereocenters. The first kappa shape index (κ1) is 12.5. The molecule has 1 nitrogen and oxygen atoms in total. The van der Waals surface area contributed by atoms with Gasteiger partial charge in [0.25, 0.3) is 0 Å². The summed E-state index contributed by atoms with van der Waals surface area (Å²) in [7, 11) is 0. The molecule has 0 amide bonds. The van der Waals surface area contributed by atoms with Crippen molar-refractivity contribution in [3.8, 4) is 0 Å². The van der Waals surface area contributed by atoms with E-state index in [1.54, 1.807) is 12.1 Å². The smallest absolute Gasteiger partial charge is 0.163 e. The van der Waals surface area contributed by atoms with Crippen LogP contribution in [0.25, 0.3) is 0 Å². The molecule has 0 aliphatic heterocycles. The van der Waals surface area contributed by atoms with Gasteiger partial charge >= 0.3 is 0 Å². The topological polar surface area (TPSA) is 12.0 Å². The molecule has 1 saturated carbocycles. The molecule has 0 saturated heterocycles. The van der Waals surface area contributed by atoms with Crippen molar-refractivity contribution >= 4 is 0 Å². The zero-order valence-corrected chi connectivity index (χ0v) is 10.2. The van der Waals surface area contributed by atoms with Crippen LogP contribution in [0.4, 0.5) is 8.78 Å². The lowest BCUT2D eigenvalue weighted by molar-refractivity contribution is 0.341. The molecule has 0 spiro atoms. The van der Waals surface area contributed by atoms with Gasteiger partial charge < -0.3 is 5.32 Å². The van der Waals surface area contributed by atoms with E-state index in [4.69, 9.17) is 0 Å². The van der Waals surface area contributed by atoms with E-state index in [1.807, 2.05) is 6.92 Å². The van der Waals surface area contributed by atoms with E-state index >= 15 is 0 Å². The van der Waals surface area contributed by atoms with Crippen molar-refractivity contribution in [2.24, 2.45) is 0 Å². The summed E-state index contributed by atoms with van der Waals surface area (Å²) in [5, 5.41) is 3.40. The molecule has 1 aromatic rings. The molecular formula is C14H19F2N. The Balaban J connectivity index is 2.03. The SMILES string of the molecule is CC(NC1CCCCC1)c1cccc(F)c1F. The molecule has 17 heavy (non-hydrogen) atoms. The van der Waals surface area contributed by atoms with Gasteiger partial charge in [0.15, 0.2) is 11.6 Å². The maximum Gasteiger partial charge on any atom is 0.163 e. The maximum atomic E-state index is 13.6. The van der Waals surface area contributed by atoms with E-state index in [9.17, 15) is 8.78 Å². The standard InChI is InChI=1S/C14H19F2N/c1-10(17-11-6-3-2-4-7-11)12-8-5-9-13(15)14(12)16/h5,8-11,17H,2-4,6-7H2,1H3. The van der Waals surface area contributed by atoms with Gasteiger partial charge in [0.05, 0.1) is 0 Å². The summed E-state index contributed by atoms with van der Waals surface area (Å²) in [5.41, 5.74) is 0.426. The first-order valence-corrected chi connectivity index (χ1v) is 6.38. The zero-order valence-electron chi connectivity index (χ0n) is 10.2. The van der Waals surface area contributed by atoms with Crippen molar-refractivity contribution in [3.05, 3.63) is 35.4 Å². The number of hydrogen-bond donors (Lipinski definition) is 1. The Morgan fingerprint density at radius 2 is 1.88 bits per heavy atom. The minimum absolute atomic E-state index is 0.131. The van der Waals surface area contributed by atoms with Crippen molar-refractivity contribution in [2.45, 2.75) is 51.1 Å². The van der Waals surface area contributed by atoms with Crippen molar-refractivity contribution in [3.63, 3.8) is 0 Å². The summed E-state index contributed by atoms with van der Waals surface area (Å²) in [6.07, 6.45) is 6.04. The molecule has 1 N–H and O–H groups in total. The highest BCUT2D eigenvalue weighted by molar-refractivity contribution is 5.22. The second-order valence-electron chi connectivity index (χ2n) is 4.87. The van der Waals surface area contributed by atoms with Gasteiger partial charge in [-0.15, -0.1) is 0 Å². The number of benzene rings is 1. The van der Waals surface area contributed by atoms with Crippen LogP contribution in [0.1, 0.15) is 50.6 Å². The van der Waals surface area contributed by atoms with Crippen LogP contribution in [-0.2, 0) is 0 Å². The van der Waals surface area contributed by atoms with E-state index in [0.29, 0.717) is 11.6 Å². The van der Waals surface area contributed by atoms with Crippen LogP contribution >= 0.6 is 0 Å². The number of rotatable bonds is 3. The third-order valence-corrected chi connectivity index (χ3v) is 3.54. The number of nitrogens with one attached hydrogen (secondary N) is 1. The largest absolute Gasteiger partial charge is 0.307 e. The van der Waals surface area contributed by atoms with Crippen molar-refractivity contribution < 1.29 is 8.78 Å². The normalized spacial score (nSPS) is 19.2. The fourth-order valence-electron chi connectivity index (χ4n) is 2.57. The molecule has 3 heteroatoms. The molecule has 1 aliphatic rings. The fraction of sp³-hybridized carbons (Fsp3) is 0.571. The quantitative estimate of drug-likeness (QED) is 0.842. The lowest BCUT2D eigenvalue weighted by Crippen LogP contribution is -2.33. The van der Waals surface area contributed by atoms with Crippen LogP contribution in [0.2, 0.25) is 0 Å². The summed E-state index contributed by atoms with van der Waals surface area (Å²) < 4.78 is 26.7. The summed E-state index contributed by atoms with van der Waals surface area (Å²) in [6.45, 7) is 1.90. The van der Waals surface area contributed by atoms with Crippen LogP contribution in [0.5, 0.6) is 0 Å². The predicted octanol–water partition coefficient (Wildman–Crippen LogP) is 3.95. The molecule has 0 heterocycles. The highest BCUT2D eigenvalue weighted by atomic mass is 19.2. The van der Waals surface area contributed by atoms with Gasteiger partial charge in [-0.05, 0) is 25.8 Å². The van der Waals surface area contributed by atoms with Gasteiger partial charge in [0.2, 0.25) is 0 Å². The van der Waals surface area contributed by atoms with Crippen LogP contribution in [0.3, 0.4) is 0 Å². The van der Waals surface area contributed by atoms with E-state index in [2.05, 4.69) is 5.32 Å². The average molecular weight is 239 g/mol. The third-order valence-electron chi connectivity index (χ3n) is 3.54. The molecular weight excluding hydrogens is 220 g/mol. The van der Waals surface area contributed by atoms with Gasteiger partial charge in [-0.2, -0.15) is 0 Å². The van der Waals surface area contributed by atoms with E-state index in [0.717, 1.165) is 18.9 Å². The van der Waals surface area contributed by atoms with Gasteiger partial charge in [-0.25, -0.2) is 8.78 Å². The second kappa shape index (κ2) is 5.58. The Bertz CT molecular complexity index is 372. The molecule has 1 aromatic carbocycles. The van der Waals surface area contributed by atoms with Crippen molar-refractivity contribution in [1.82, 2.24) is 5.32 Å². The summed E-state index contributed by atoms with van der Waals surface area (Å²) in [5.74, 6) is -1.48. The van der Waals surface area contributed by atoms with E-state index < -0.39 is 11.6 Å². The Morgan fingerprint density at radius 3 is 2.59 bits per heavy atom. The van der Waals surface area contributed by atoms with Gasteiger partial charge in [0, 0.05) is 17.6 Å². The summed E-state index contributed by atoms with van der Waals surface area (Å²) in [4.78, 5) is 0. The fourth-order valence-corrected chi connectivity index (χ4v) is 2.57. The predicted molar refractivity (Wildman–Crippen MR) is 64.8 cm³/mol. The van der Waals surface area contributed by atoms with Crippen LogP contribution in [0, 0.1) is 11.6 Å². The molecule has 1 atom stereocenters.